The lowest BCUT2D eigenvalue weighted by Crippen LogP contribution is -2.07. The third kappa shape index (κ3) is 15.7. The van der Waals surface area contributed by atoms with Crippen molar-refractivity contribution in [3.05, 3.63) is 95.2 Å². The van der Waals surface area contributed by atoms with E-state index in [1.165, 1.54) is 11.1 Å². The maximum absolute atomic E-state index is 9.11. The molecule has 2 unspecified atom stereocenters. The minimum absolute atomic E-state index is 0.459. The van der Waals surface area contributed by atoms with E-state index in [9.17, 15) is 0 Å². The smallest absolute Gasteiger partial charge is 0.211 e. The maximum Gasteiger partial charge on any atom is 0.211 e. The van der Waals surface area contributed by atoms with Gasteiger partial charge in [-0.25, -0.2) is 0 Å². The molecule has 4 rings (SSSR count). The van der Waals surface area contributed by atoms with Crippen molar-refractivity contribution in [2.45, 2.75) is 105 Å². The summed E-state index contributed by atoms with van der Waals surface area (Å²) in [5.41, 5.74) is 7.63. The Morgan fingerprint density at radius 1 is 0.568 bits per heavy atom. The minimum Gasteiger partial charge on any atom is -0.392 e. The van der Waals surface area contributed by atoms with Crippen LogP contribution in [0.1, 0.15) is 113 Å². The monoisotopic (exact) mass is 617 g/mol. The Labute approximate surface area is 281 Å². The zero-order chi connectivity index (χ0) is 39.8. The standard InChI is InChI=1S/4C10H16O/c4*1-8(2)10-5-3-9(7-11)4-6-10/h4*3,10-11H,1,4-7H2,2H3/t4*10-/m1111/s1/i7D2,11D;7D,11D;7D2;7D/tm;7?,10-;m;7?,10-. The molecule has 0 saturated carbocycles. The summed E-state index contributed by atoms with van der Waals surface area (Å²) in [4.78, 5) is 0. The third-order valence-corrected chi connectivity index (χ3v) is 9.09. The molecule has 0 saturated heterocycles. The Bertz CT molecular complexity index is 1320. The van der Waals surface area contributed by atoms with Crippen molar-refractivity contribution < 1.29 is 28.7 Å². The first-order chi connectivity index (χ1) is 24.1. The summed E-state index contributed by atoms with van der Waals surface area (Å²) in [6.07, 6.45) is 18.1. The van der Waals surface area contributed by atoms with E-state index in [2.05, 4.69) is 36.5 Å². The van der Waals surface area contributed by atoms with E-state index < -0.39 is 26.3 Å². The lowest BCUT2D eigenvalue weighted by molar-refractivity contribution is 0.318. The van der Waals surface area contributed by atoms with Crippen LogP contribution in [-0.2, 0) is 0 Å². The molecule has 0 spiro atoms. The van der Waals surface area contributed by atoms with E-state index in [4.69, 9.17) is 21.3 Å². The number of hydrogen-bond acceptors (Lipinski definition) is 4. The molecule has 0 aromatic rings. The number of aliphatic hydroxyl groups is 4. The van der Waals surface area contributed by atoms with Gasteiger partial charge in [0.15, 0.2) is 0 Å². The first-order valence-corrected chi connectivity index (χ1v) is 16.0. The highest BCUT2D eigenvalue weighted by molar-refractivity contribution is 5.14. The molecule has 4 heteroatoms. The van der Waals surface area contributed by atoms with Crippen molar-refractivity contribution in [2.24, 2.45) is 23.7 Å². The van der Waals surface area contributed by atoms with Crippen LogP contribution in [0.4, 0.5) is 0 Å². The molecule has 0 aromatic heterocycles. The predicted octanol–water partition coefficient (Wildman–Crippen LogP) is 9.13. The summed E-state index contributed by atoms with van der Waals surface area (Å²) in [5, 5.41) is 26.4. The Morgan fingerprint density at radius 3 is 1.11 bits per heavy atom. The second kappa shape index (κ2) is 22.3. The van der Waals surface area contributed by atoms with Crippen molar-refractivity contribution in [1.29, 1.82) is 2.86 Å². The van der Waals surface area contributed by atoms with Gasteiger partial charge >= 0.3 is 0 Å². The molecule has 0 aromatic carbocycles. The summed E-state index contributed by atoms with van der Waals surface area (Å²) in [6, 6.07) is 0. The summed E-state index contributed by atoms with van der Waals surface area (Å²) in [5.74, 6) is 2.04. The normalized spacial score (nSPS) is 29.2. The Balaban J connectivity index is 0.000000347. The van der Waals surface area contributed by atoms with Crippen LogP contribution in [0.15, 0.2) is 95.2 Å². The largest absolute Gasteiger partial charge is 0.392 e. The lowest BCUT2D eigenvalue weighted by atomic mass is 9.86. The summed E-state index contributed by atoms with van der Waals surface area (Å²) < 4.78 is 56.9. The van der Waals surface area contributed by atoms with Crippen LogP contribution in [0, 0.1) is 23.7 Å². The van der Waals surface area contributed by atoms with Crippen LogP contribution in [0.2, 0.25) is 0 Å². The zero-order valence-electron chi connectivity index (χ0n) is 35.8. The van der Waals surface area contributed by atoms with Gasteiger partial charge in [0, 0.05) is 0 Å². The van der Waals surface area contributed by atoms with Gasteiger partial charge in [0.1, 0.15) is 0 Å². The van der Waals surface area contributed by atoms with Gasteiger partial charge < -0.3 is 20.4 Å². The number of allylic oxidation sites excluding steroid dienone is 8. The minimum atomic E-state index is -2.12. The molecule has 0 radical (unpaired) electrons. The average Bonchev–Trinajstić information content (AvgIpc) is 3.11. The molecule has 4 aliphatic rings. The molecule has 0 heterocycles. The highest BCUT2D eigenvalue weighted by Crippen LogP contribution is 2.30. The highest BCUT2D eigenvalue weighted by Gasteiger charge is 2.16. The molecule has 248 valence electrons. The van der Waals surface area contributed by atoms with E-state index in [0.717, 1.165) is 86.5 Å². The summed E-state index contributed by atoms with van der Waals surface area (Å²) in [7, 11) is 0. The molecule has 6 atom stereocenters. The predicted molar refractivity (Wildman–Crippen MR) is 189 cm³/mol. The fourth-order valence-electron chi connectivity index (χ4n) is 5.59. The van der Waals surface area contributed by atoms with Gasteiger partial charge in [0.25, 0.3) is 0 Å². The van der Waals surface area contributed by atoms with Crippen LogP contribution >= 0.6 is 0 Å². The topological polar surface area (TPSA) is 80.9 Å². The average molecular weight is 617 g/mol. The van der Waals surface area contributed by atoms with Crippen molar-refractivity contribution in [2.75, 3.05) is 26.3 Å². The van der Waals surface area contributed by atoms with E-state index in [1.807, 2.05) is 52.0 Å². The van der Waals surface area contributed by atoms with Crippen molar-refractivity contribution in [3.8, 4) is 0 Å². The van der Waals surface area contributed by atoms with E-state index >= 15 is 0 Å². The fraction of sp³-hybridized carbons (Fsp3) is 0.600. The second-order valence-corrected chi connectivity index (χ2v) is 12.7. The number of hydrogen-bond donors (Lipinski definition) is 4. The van der Waals surface area contributed by atoms with Crippen LogP contribution in [0.5, 0.6) is 0 Å². The second-order valence-electron chi connectivity index (χ2n) is 12.7. The third-order valence-electron chi connectivity index (χ3n) is 9.09. The molecule has 4 N–H and O–H groups in total. The van der Waals surface area contributed by atoms with Crippen LogP contribution in [-0.4, -0.2) is 49.6 Å². The Kier molecular flexibility index (Phi) is 14.2. The Morgan fingerprint density at radius 2 is 0.886 bits per heavy atom. The van der Waals surface area contributed by atoms with E-state index in [1.54, 1.807) is 0 Å². The molecule has 4 aliphatic carbocycles. The van der Waals surface area contributed by atoms with E-state index in [-0.39, 0.29) is 0 Å². The Hall–Kier alpha value is -2.24. The van der Waals surface area contributed by atoms with Gasteiger partial charge in [0.2, 0.25) is 2.86 Å². The van der Waals surface area contributed by atoms with E-state index in [0.29, 0.717) is 47.7 Å². The van der Waals surface area contributed by atoms with Crippen LogP contribution in [0.25, 0.3) is 0 Å². The zero-order valence-corrected chi connectivity index (χ0v) is 27.8. The fourth-order valence-corrected chi connectivity index (χ4v) is 5.59. The molecule has 4 nitrogen and oxygen atoms in total. The maximum atomic E-state index is 9.11. The first kappa shape index (κ1) is 28.0. The first-order valence-electron chi connectivity index (χ1n) is 20.0. The quantitative estimate of drug-likeness (QED) is 0.185. The molecule has 0 fully saturated rings. The van der Waals surface area contributed by atoms with Gasteiger partial charge in [0.05, 0.1) is 34.5 Å². The summed E-state index contributed by atoms with van der Waals surface area (Å²) >= 11 is 0. The van der Waals surface area contributed by atoms with Crippen molar-refractivity contribution in [3.63, 3.8) is 0 Å². The van der Waals surface area contributed by atoms with Gasteiger partial charge in [-0.3, -0.25) is 0 Å². The van der Waals surface area contributed by atoms with Gasteiger partial charge in [-0.05, 0) is 151 Å². The molecule has 0 amide bonds. The van der Waals surface area contributed by atoms with Crippen molar-refractivity contribution in [1.82, 2.24) is 0 Å². The van der Waals surface area contributed by atoms with Gasteiger partial charge in [-0.15, -0.1) is 0 Å². The SMILES string of the molecule is [2H]C(O)C1=CC[C@@H](C(=C)C)CC1.[2H]C([2H])(O)C1=CC[C@@H](C(=C)C)CC1.[2H]OC([2H])([2H])C1=CC[C@@H](C(=C)C)CC1.[2H]OC([2H])C1=CC[C@@H](C(=C)C)CC1. The number of rotatable bonds is 10. The molecule has 0 bridgehead atoms. The van der Waals surface area contributed by atoms with Crippen LogP contribution in [0.3, 0.4) is 0 Å². The molecular formula is C40H64O4. The molecule has 0 aliphatic heterocycles. The number of aliphatic hydroxyl groups excluding tert-OH is 2. The lowest BCUT2D eigenvalue weighted by Gasteiger charge is -2.20. The van der Waals surface area contributed by atoms with Crippen molar-refractivity contribution >= 4 is 0 Å². The van der Waals surface area contributed by atoms with Gasteiger partial charge in [-0.2, -0.15) is 0 Å². The molecular weight excluding hydrogens is 544 g/mol. The van der Waals surface area contributed by atoms with Crippen LogP contribution < -0.4 is 0 Å². The molecule has 44 heavy (non-hydrogen) atoms. The van der Waals surface area contributed by atoms with Gasteiger partial charge in [-0.1, -0.05) is 72.9 Å². The highest BCUT2D eigenvalue weighted by atomic mass is 16.3. The summed E-state index contributed by atoms with van der Waals surface area (Å²) in [6.45, 7) is 17.9.